The number of aryl methyl sites for hydroxylation is 1. The lowest BCUT2D eigenvalue weighted by atomic mass is 10.1. The largest absolute Gasteiger partial charge is 0.485 e. The molecule has 32 heavy (non-hydrogen) atoms. The Morgan fingerprint density at radius 3 is 2.69 bits per heavy atom. The molecule has 3 heterocycles. The summed E-state index contributed by atoms with van der Waals surface area (Å²) in [4.78, 5) is 32.4. The van der Waals surface area contributed by atoms with Crippen molar-refractivity contribution in [2.24, 2.45) is 0 Å². The van der Waals surface area contributed by atoms with Crippen molar-refractivity contribution in [2.75, 3.05) is 0 Å². The fraction of sp³-hybridized carbons (Fsp3) is 0.0833. The van der Waals surface area contributed by atoms with Crippen LogP contribution in [0, 0.1) is 6.92 Å². The van der Waals surface area contributed by atoms with Crippen molar-refractivity contribution in [1.29, 1.82) is 0 Å². The van der Waals surface area contributed by atoms with Gasteiger partial charge in [-0.1, -0.05) is 36.4 Å². The third-order valence-corrected chi connectivity index (χ3v) is 5.63. The number of benzene rings is 2. The minimum Gasteiger partial charge on any atom is -0.485 e. The van der Waals surface area contributed by atoms with Crippen molar-refractivity contribution < 1.29 is 18.7 Å². The fourth-order valence-corrected chi connectivity index (χ4v) is 4.02. The number of aromatic nitrogens is 2. The number of carbonyl (C=O) groups is 2. The normalized spacial score (nSPS) is 14.8. The Hall–Kier alpha value is -3.91. The molecular formula is C24H17N3O4S. The number of nitrogens with one attached hydrogen (secondary N) is 1. The van der Waals surface area contributed by atoms with Gasteiger partial charge in [-0.15, -0.1) is 0 Å². The van der Waals surface area contributed by atoms with Crippen LogP contribution in [0.5, 0.6) is 5.75 Å². The van der Waals surface area contributed by atoms with Crippen LogP contribution in [0.25, 0.3) is 28.4 Å². The standard InChI is InChI=1S/C24H17N3O4S/c1-14-26-19-10-17(11-20(22(19)31-14)30-13-15-5-3-2-4-6-15)18-8-7-16(12-25-18)9-21-23(28)27-24(29)32-21/h2-12H,13H2,1H3,(H,27,28,29). The van der Waals surface area contributed by atoms with Crippen LogP contribution >= 0.6 is 11.8 Å². The number of ether oxygens (including phenoxy) is 1. The molecule has 1 N–H and O–H groups in total. The molecule has 4 aromatic rings. The zero-order valence-electron chi connectivity index (χ0n) is 17.0. The highest BCUT2D eigenvalue weighted by Gasteiger charge is 2.25. The number of fused-ring (bicyclic) bond motifs is 1. The van der Waals surface area contributed by atoms with E-state index in [1.54, 1.807) is 19.2 Å². The molecular weight excluding hydrogens is 426 g/mol. The monoisotopic (exact) mass is 443 g/mol. The van der Waals surface area contributed by atoms with Gasteiger partial charge in [0.1, 0.15) is 12.1 Å². The van der Waals surface area contributed by atoms with E-state index in [9.17, 15) is 9.59 Å². The summed E-state index contributed by atoms with van der Waals surface area (Å²) in [7, 11) is 0. The smallest absolute Gasteiger partial charge is 0.290 e. The number of pyridine rings is 1. The minimum atomic E-state index is -0.392. The maximum absolute atomic E-state index is 11.7. The van der Waals surface area contributed by atoms with Gasteiger partial charge in [-0.05, 0) is 47.2 Å². The van der Waals surface area contributed by atoms with E-state index in [2.05, 4.69) is 15.3 Å². The van der Waals surface area contributed by atoms with Gasteiger partial charge in [0.2, 0.25) is 0 Å². The average Bonchev–Trinajstić information content (AvgIpc) is 3.33. The van der Waals surface area contributed by atoms with Crippen LogP contribution in [0.1, 0.15) is 17.0 Å². The number of hydrogen-bond donors (Lipinski definition) is 1. The van der Waals surface area contributed by atoms with Gasteiger partial charge in [-0.2, -0.15) is 0 Å². The number of thioether (sulfide) groups is 1. The van der Waals surface area contributed by atoms with Gasteiger partial charge in [-0.25, -0.2) is 4.98 Å². The van der Waals surface area contributed by atoms with Crippen LogP contribution in [0.2, 0.25) is 0 Å². The Morgan fingerprint density at radius 1 is 1.12 bits per heavy atom. The summed E-state index contributed by atoms with van der Waals surface area (Å²) >= 11 is 0.877. The summed E-state index contributed by atoms with van der Waals surface area (Å²) in [5, 5.41) is 1.87. The Kier molecular flexibility index (Phi) is 5.20. The lowest BCUT2D eigenvalue weighted by Crippen LogP contribution is -2.17. The van der Waals surface area contributed by atoms with E-state index in [1.807, 2.05) is 54.6 Å². The topological polar surface area (TPSA) is 94.3 Å². The number of oxazole rings is 1. The van der Waals surface area contributed by atoms with Crippen LogP contribution in [0.4, 0.5) is 4.79 Å². The lowest BCUT2D eigenvalue weighted by Gasteiger charge is -2.09. The third kappa shape index (κ3) is 4.13. The lowest BCUT2D eigenvalue weighted by molar-refractivity contribution is -0.115. The first-order valence-corrected chi connectivity index (χ1v) is 10.7. The Labute approximate surface area is 187 Å². The van der Waals surface area contributed by atoms with E-state index >= 15 is 0 Å². The van der Waals surface area contributed by atoms with Crippen molar-refractivity contribution in [3.05, 3.63) is 82.7 Å². The quantitative estimate of drug-likeness (QED) is 0.429. The zero-order chi connectivity index (χ0) is 22.1. The number of rotatable bonds is 5. The molecule has 0 bridgehead atoms. The molecule has 158 valence electrons. The van der Waals surface area contributed by atoms with E-state index in [-0.39, 0.29) is 5.24 Å². The van der Waals surface area contributed by atoms with Gasteiger partial charge in [-0.3, -0.25) is 19.9 Å². The predicted octanol–water partition coefficient (Wildman–Crippen LogP) is 5.10. The molecule has 0 saturated carbocycles. The Balaban J connectivity index is 1.45. The highest BCUT2D eigenvalue weighted by atomic mass is 32.2. The van der Waals surface area contributed by atoms with Gasteiger partial charge >= 0.3 is 0 Å². The summed E-state index contributed by atoms with van der Waals surface area (Å²) < 4.78 is 11.8. The van der Waals surface area contributed by atoms with Crippen molar-refractivity contribution in [2.45, 2.75) is 13.5 Å². The van der Waals surface area contributed by atoms with Crippen LogP contribution in [0.15, 0.2) is 70.1 Å². The number of amides is 2. The second kappa shape index (κ2) is 8.32. The SMILES string of the molecule is Cc1nc2cc(-c3ccc(C=C4SC(=O)NC4=O)cn3)cc(OCc3ccccc3)c2o1. The van der Waals surface area contributed by atoms with Crippen molar-refractivity contribution >= 4 is 40.1 Å². The van der Waals surface area contributed by atoms with Crippen molar-refractivity contribution in [3.63, 3.8) is 0 Å². The van der Waals surface area contributed by atoms with Gasteiger partial charge in [0, 0.05) is 18.7 Å². The number of nitrogens with zero attached hydrogens (tertiary/aromatic N) is 2. The summed E-state index contributed by atoms with van der Waals surface area (Å²) in [5.41, 5.74) is 4.60. The third-order valence-electron chi connectivity index (χ3n) is 4.82. The molecule has 7 nitrogen and oxygen atoms in total. The van der Waals surface area contributed by atoms with Crippen LogP contribution < -0.4 is 10.1 Å². The van der Waals surface area contributed by atoms with E-state index in [4.69, 9.17) is 9.15 Å². The van der Waals surface area contributed by atoms with E-state index in [1.165, 1.54) is 0 Å². The van der Waals surface area contributed by atoms with Crippen LogP contribution in [0.3, 0.4) is 0 Å². The molecule has 2 amide bonds. The zero-order valence-corrected chi connectivity index (χ0v) is 17.8. The molecule has 1 aliphatic rings. The summed E-state index contributed by atoms with van der Waals surface area (Å²) in [6, 6.07) is 17.4. The number of carbonyl (C=O) groups excluding carboxylic acids is 2. The maximum Gasteiger partial charge on any atom is 0.290 e. The molecule has 1 fully saturated rings. The highest BCUT2D eigenvalue weighted by molar-refractivity contribution is 8.18. The molecule has 0 aliphatic carbocycles. The van der Waals surface area contributed by atoms with Crippen LogP contribution in [-0.4, -0.2) is 21.1 Å². The van der Waals surface area contributed by atoms with Gasteiger partial charge in [0.05, 0.1) is 10.6 Å². The van der Waals surface area contributed by atoms with Crippen molar-refractivity contribution in [3.8, 4) is 17.0 Å². The summed E-state index contributed by atoms with van der Waals surface area (Å²) in [5.74, 6) is 0.752. The molecule has 2 aromatic heterocycles. The van der Waals surface area contributed by atoms with E-state index in [0.717, 1.165) is 34.1 Å². The first-order chi connectivity index (χ1) is 15.5. The molecule has 2 aromatic carbocycles. The highest BCUT2D eigenvalue weighted by Crippen LogP contribution is 2.33. The molecule has 8 heteroatoms. The molecule has 0 radical (unpaired) electrons. The number of imide groups is 1. The molecule has 0 atom stereocenters. The first kappa shape index (κ1) is 20.0. The molecule has 5 rings (SSSR count). The molecule has 0 unspecified atom stereocenters. The molecule has 1 saturated heterocycles. The second-order valence-corrected chi connectivity index (χ2v) is 8.17. The fourth-order valence-electron chi connectivity index (χ4n) is 3.34. The van der Waals surface area contributed by atoms with Crippen molar-refractivity contribution in [1.82, 2.24) is 15.3 Å². The maximum atomic E-state index is 11.7. The second-order valence-electron chi connectivity index (χ2n) is 7.16. The Morgan fingerprint density at radius 2 is 1.97 bits per heavy atom. The average molecular weight is 443 g/mol. The summed E-state index contributed by atoms with van der Waals surface area (Å²) in [6.07, 6.45) is 3.29. The van der Waals surface area contributed by atoms with Gasteiger partial charge < -0.3 is 9.15 Å². The van der Waals surface area contributed by atoms with E-state index in [0.29, 0.717) is 34.3 Å². The molecule has 1 aliphatic heterocycles. The first-order valence-electron chi connectivity index (χ1n) is 9.84. The van der Waals surface area contributed by atoms with Gasteiger partial charge in [0.25, 0.3) is 11.1 Å². The van der Waals surface area contributed by atoms with E-state index < -0.39 is 5.91 Å². The molecule has 0 spiro atoms. The predicted molar refractivity (Wildman–Crippen MR) is 122 cm³/mol. The Bertz CT molecular complexity index is 1360. The van der Waals surface area contributed by atoms with Crippen LogP contribution in [-0.2, 0) is 11.4 Å². The minimum absolute atomic E-state index is 0.348. The summed E-state index contributed by atoms with van der Waals surface area (Å²) in [6.45, 7) is 2.20. The van der Waals surface area contributed by atoms with Gasteiger partial charge in [0.15, 0.2) is 17.2 Å². The number of hydrogen-bond acceptors (Lipinski definition) is 7.